The van der Waals surface area contributed by atoms with Crippen LogP contribution in [-0.2, 0) is 6.54 Å². The van der Waals surface area contributed by atoms with Crippen LogP contribution in [0.15, 0.2) is 81.1 Å². The minimum absolute atomic E-state index is 0.226. The second-order valence-corrected chi connectivity index (χ2v) is 8.83. The van der Waals surface area contributed by atoms with Gasteiger partial charge in [0.25, 0.3) is 5.56 Å². The first-order chi connectivity index (χ1) is 15.9. The van der Waals surface area contributed by atoms with Gasteiger partial charge < -0.3 is 4.57 Å². The summed E-state index contributed by atoms with van der Waals surface area (Å²) in [6, 6.07) is 20.0. The number of nitrogens with zero attached hydrogens (tertiary/aromatic N) is 4. The molecule has 2 aromatic heterocycles. The topological polar surface area (TPSA) is 52.2 Å². The molecular weight excluding hydrogens is 483 g/mol. The molecule has 5 rings (SSSR count). The van der Waals surface area contributed by atoms with Gasteiger partial charge in [0, 0.05) is 33.2 Å². The molecule has 3 aromatic carbocycles. The van der Waals surface area contributed by atoms with E-state index in [0.29, 0.717) is 23.3 Å². The Morgan fingerprint density at radius 2 is 1.85 bits per heavy atom. The van der Waals surface area contributed by atoms with Crippen molar-refractivity contribution in [3.05, 3.63) is 110 Å². The highest BCUT2D eigenvalue weighted by molar-refractivity contribution is 9.10. The van der Waals surface area contributed by atoms with Gasteiger partial charge in [-0.25, -0.2) is 9.37 Å². The summed E-state index contributed by atoms with van der Waals surface area (Å²) in [4.78, 5) is 17.6. The summed E-state index contributed by atoms with van der Waals surface area (Å²) in [5, 5.41) is 6.04. The molecule has 2 heterocycles. The van der Waals surface area contributed by atoms with E-state index in [1.807, 2.05) is 49.4 Å². The molecular formula is C26H20BrFN4O. The molecule has 0 unspecified atom stereocenters. The fourth-order valence-electron chi connectivity index (χ4n) is 4.15. The van der Waals surface area contributed by atoms with Crippen LogP contribution in [0.2, 0.25) is 0 Å². The number of para-hydroxylation sites is 1. The first kappa shape index (κ1) is 21.3. The molecule has 0 saturated carbocycles. The summed E-state index contributed by atoms with van der Waals surface area (Å²) in [6.07, 6.45) is 1.71. The molecule has 0 amide bonds. The molecule has 5 nitrogen and oxygen atoms in total. The van der Waals surface area contributed by atoms with Crippen LogP contribution in [0.1, 0.15) is 22.6 Å². The average Bonchev–Trinajstić information content (AvgIpc) is 3.05. The first-order valence-corrected chi connectivity index (χ1v) is 11.3. The number of aromatic nitrogens is 3. The molecule has 0 aliphatic carbocycles. The third-order valence-corrected chi connectivity index (χ3v) is 6.28. The van der Waals surface area contributed by atoms with Crippen LogP contribution in [0.5, 0.6) is 0 Å². The van der Waals surface area contributed by atoms with Crippen molar-refractivity contribution in [2.45, 2.75) is 20.4 Å². The Balaban J connectivity index is 1.63. The molecule has 0 aliphatic rings. The van der Waals surface area contributed by atoms with Crippen LogP contribution in [0.25, 0.3) is 21.8 Å². The smallest absolute Gasteiger partial charge is 0.282 e. The summed E-state index contributed by atoms with van der Waals surface area (Å²) >= 11 is 3.42. The van der Waals surface area contributed by atoms with Gasteiger partial charge >= 0.3 is 0 Å². The summed E-state index contributed by atoms with van der Waals surface area (Å²) in [5.41, 5.74) is 4.18. The molecule has 0 atom stereocenters. The van der Waals surface area contributed by atoms with Gasteiger partial charge in [-0.15, -0.1) is 0 Å². The number of hydrogen-bond acceptors (Lipinski definition) is 3. The van der Waals surface area contributed by atoms with Gasteiger partial charge in [0.2, 0.25) is 0 Å². The van der Waals surface area contributed by atoms with Gasteiger partial charge in [-0.2, -0.15) is 9.78 Å². The molecule has 0 aliphatic heterocycles. The molecule has 0 bridgehead atoms. The number of rotatable bonds is 4. The van der Waals surface area contributed by atoms with Gasteiger partial charge in [0.15, 0.2) is 0 Å². The van der Waals surface area contributed by atoms with Gasteiger partial charge in [-0.05, 0) is 55.8 Å². The summed E-state index contributed by atoms with van der Waals surface area (Å²) in [6.45, 7) is 4.30. The van der Waals surface area contributed by atoms with Crippen molar-refractivity contribution in [3.8, 4) is 0 Å². The van der Waals surface area contributed by atoms with E-state index in [1.54, 1.807) is 31.3 Å². The van der Waals surface area contributed by atoms with E-state index in [9.17, 15) is 9.18 Å². The molecule has 0 fully saturated rings. The minimum atomic E-state index is -0.256. The number of fused-ring (bicyclic) bond motifs is 2. The van der Waals surface area contributed by atoms with Crippen molar-refractivity contribution in [2.24, 2.45) is 5.10 Å². The lowest BCUT2D eigenvalue weighted by atomic mass is 10.1. The normalized spacial score (nSPS) is 11.8. The molecule has 0 radical (unpaired) electrons. The maximum atomic E-state index is 13.7. The number of hydrogen-bond donors (Lipinski definition) is 0. The third kappa shape index (κ3) is 3.89. The highest BCUT2D eigenvalue weighted by atomic mass is 79.9. The molecule has 0 saturated heterocycles. The van der Waals surface area contributed by atoms with Crippen molar-refractivity contribution in [2.75, 3.05) is 0 Å². The summed E-state index contributed by atoms with van der Waals surface area (Å²) in [7, 11) is 0. The molecule has 0 spiro atoms. The van der Waals surface area contributed by atoms with Crippen LogP contribution in [-0.4, -0.2) is 20.4 Å². The van der Waals surface area contributed by atoms with Gasteiger partial charge in [-0.3, -0.25) is 4.79 Å². The van der Waals surface area contributed by atoms with Crippen molar-refractivity contribution in [3.63, 3.8) is 0 Å². The van der Waals surface area contributed by atoms with Crippen LogP contribution >= 0.6 is 15.9 Å². The van der Waals surface area contributed by atoms with Gasteiger partial charge in [0.05, 0.1) is 17.1 Å². The zero-order chi connectivity index (χ0) is 23.1. The highest BCUT2D eigenvalue weighted by Crippen LogP contribution is 2.26. The van der Waals surface area contributed by atoms with E-state index in [1.165, 1.54) is 10.7 Å². The maximum absolute atomic E-state index is 13.7. The standard InChI is InChI=1S/C26H20BrFN4O/c1-16-23(14-29-32-17(2)30-24-11-10-19(27)13-22(24)26(32)33)21-8-3-4-9-25(21)31(16)15-18-6-5-7-20(28)12-18/h3-14H,15H2,1-2H3. The van der Waals surface area contributed by atoms with Crippen LogP contribution in [0.3, 0.4) is 0 Å². The lowest BCUT2D eigenvalue weighted by Gasteiger charge is -2.09. The SMILES string of the molecule is Cc1nc2ccc(Br)cc2c(=O)n1N=Cc1c(C)n(Cc2cccc(F)c2)c2ccccc12. The predicted octanol–water partition coefficient (Wildman–Crippen LogP) is 5.80. The second-order valence-electron chi connectivity index (χ2n) is 7.91. The minimum Gasteiger partial charge on any atom is -0.340 e. The molecule has 0 N–H and O–H groups in total. The van der Waals surface area contributed by atoms with Crippen LogP contribution in [0, 0.1) is 19.7 Å². The van der Waals surface area contributed by atoms with E-state index < -0.39 is 0 Å². The molecule has 33 heavy (non-hydrogen) atoms. The lowest BCUT2D eigenvalue weighted by Crippen LogP contribution is -2.20. The predicted molar refractivity (Wildman–Crippen MR) is 134 cm³/mol. The Morgan fingerprint density at radius 3 is 2.67 bits per heavy atom. The number of aryl methyl sites for hydroxylation is 1. The van der Waals surface area contributed by atoms with Crippen molar-refractivity contribution in [1.29, 1.82) is 0 Å². The Hall–Kier alpha value is -3.58. The van der Waals surface area contributed by atoms with Gasteiger partial charge in [0.1, 0.15) is 11.6 Å². The van der Waals surface area contributed by atoms with Crippen LogP contribution in [0.4, 0.5) is 4.39 Å². The fourth-order valence-corrected chi connectivity index (χ4v) is 4.51. The Kier molecular flexibility index (Phi) is 5.42. The van der Waals surface area contributed by atoms with Gasteiger partial charge in [-0.1, -0.05) is 46.3 Å². The Labute approximate surface area is 197 Å². The van der Waals surface area contributed by atoms with Crippen LogP contribution < -0.4 is 5.56 Å². The van der Waals surface area contributed by atoms with E-state index >= 15 is 0 Å². The Morgan fingerprint density at radius 1 is 1.03 bits per heavy atom. The summed E-state index contributed by atoms with van der Waals surface area (Å²) in [5.74, 6) is 0.251. The van der Waals surface area contributed by atoms with E-state index in [0.717, 1.165) is 32.2 Å². The van der Waals surface area contributed by atoms with E-state index in [2.05, 4.69) is 30.6 Å². The molecule has 7 heteroatoms. The quantitative estimate of drug-likeness (QED) is 0.291. The van der Waals surface area contributed by atoms with Crippen molar-refractivity contribution < 1.29 is 4.39 Å². The average molecular weight is 503 g/mol. The third-order valence-electron chi connectivity index (χ3n) is 5.78. The largest absolute Gasteiger partial charge is 0.340 e. The second kappa shape index (κ2) is 8.41. The van der Waals surface area contributed by atoms with Crippen molar-refractivity contribution in [1.82, 2.24) is 14.2 Å². The fraction of sp³-hybridized carbons (Fsp3) is 0.115. The lowest BCUT2D eigenvalue weighted by molar-refractivity contribution is 0.623. The molecule has 5 aromatic rings. The zero-order valence-electron chi connectivity index (χ0n) is 18.1. The van der Waals surface area contributed by atoms with E-state index in [-0.39, 0.29) is 11.4 Å². The van der Waals surface area contributed by atoms with Crippen molar-refractivity contribution >= 4 is 44.0 Å². The Bertz CT molecular complexity index is 1620. The first-order valence-electron chi connectivity index (χ1n) is 10.5. The monoisotopic (exact) mass is 502 g/mol. The van der Waals surface area contributed by atoms with E-state index in [4.69, 9.17) is 0 Å². The maximum Gasteiger partial charge on any atom is 0.282 e. The number of halogens is 2. The number of benzene rings is 3. The summed E-state index contributed by atoms with van der Waals surface area (Å²) < 4.78 is 18.0. The highest BCUT2D eigenvalue weighted by Gasteiger charge is 2.14. The molecule has 164 valence electrons. The zero-order valence-corrected chi connectivity index (χ0v) is 19.7.